The van der Waals surface area contributed by atoms with E-state index in [1.165, 1.54) is 0 Å². The first-order chi connectivity index (χ1) is 7.22. The van der Waals surface area contributed by atoms with Gasteiger partial charge in [0.15, 0.2) is 0 Å². The molecule has 74 valence electrons. The first-order valence-electron chi connectivity index (χ1n) is 4.11. The molecule has 0 saturated carbocycles. The highest BCUT2D eigenvalue weighted by molar-refractivity contribution is 6.37. The molecule has 0 radical (unpaired) electrons. The summed E-state index contributed by atoms with van der Waals surface area (Å²) in [5.74, 6) is 0. The molecule has 2 rings (SSSR count). The van der Waals surface area contributed by atoms with E-state index >= 15 is 0 Å². The molecule has 0 fully saturated rings. The summed E-state index contributed by atoms with van der Waals surface area (Å²) < 4.78 is 1.56. The quantitative estimate of drug-likeness (QED) is 0.766. The molecule has 1 aromatic carbocycles. The average Bonchev–Trinajstić information content (AvgIpc) is 2.69. The highest BCUT2D eigenvalue weighted by Crippen LogP contribution is 2.29. The van der Waals surface area contributed by atoms with E-state index in [0.29, 0.717) is 21.3 Å². The zero-order chi connectivity index (χ0) is 10.8. The Hall–Kier alpha value is -1.50. The SMILES string of the molecule is N#Cc1cc(Cl)c(-n2cccn2)c(Cl)c1. The van der Waals surface area contributed by atoms with Crippen LogP contribution in [0.25, 0.3) is 5.69 Å². The Labute approximate surface area is 96.5 Å². The van der Waals surface area contributed by atoms with E-state index in [1.54, 1.807) is 35.3 Å². The Kier molecular flexibility index (Phi) is 2.63. The number of nitriles is 1. The predicted molar refractivity (Wildman–Crippen MR) is 58.3 cm³/mol. The van der Waals surface area contributed by atoms with Crippen LogP contribution in [-0.2, 0) is 0 Å². The molecule has 0 aliphatic rings. The molecule has 0 aliphatic carbocycles. The van der Waals surface area contributed by atoms with Gasteiger partial charge < -0.3 is 0 Å². The van der Waals surface area contributed by atoms with Crippen LogP contribution in [0.5, 0.6) is 0 Å². The van der Waals surface area contributed by atoms with E-state index in [-0.39, 0.29) is 0 Å². The highest BCUT2D eigenvalue weighted by Gasteiger charge is 2.10. The van der Waals surface area contributed by atoms with Crippen LogP contribution in [0.1, 0.15) is 5.56 Å². The Morgan fingerprint density at radius 2 is 1.93 bits per heavy atom. The minimum absolute atomic E-state index is 0.405. The lowest BCUT2D eigenvalue weighted by atomic mass is 10.2. The van der Waals surface area contributed by atoms with Crippen molar-refractivity contribution in [3.63, 3.8) is 0 Å². The fourth-order valence-electron chi connectivity index (χ4n) is 1.25. The molecule has 0 atom stereocenters. The van der Waals surface area contributed by atoms with Crippen LogP contribution in [0.2, 0.25) is 10.0 Å². The second kappa shape index (κ2) is 3.93. The topological polar surface area (TPSA) is 41.6 Å². The number of aromatic nitrogens is 2. The van der Waals surface area contributed by atoms with Crippen LogP contribution < -0.4 is 0 Å². The number of nitrogens with zero attached hydrogens (tertiary/aromatic N) is 3. The van der Waals surface area contributed by atoms with Crippen LogP contribution in [0.3, 0.4) is 0 Å². The molecular weight excluding hydrogens is 233 g/mol. The van der Waals surface area contributed by atoms with Crippen molar-refractivity contribution in [1.29, 1.82) is 5.26 Å². The molecule has 0 amide bonds. The van der Waals surface area contributed by atoms with E-state index in [1.807, 2.05) is 6.07 Å². The van der Waals surface area contributed by atoms with Gasteiger partial charge in [-0.3, -0.25) is 0 Å². The van der Waals surface area contributed by atoms with Crippen molar-refractivity contribution >= 4 is 23.2 Å². The van der Waals surface area contributed by atoms with Gasteiger partial charge in [0.05, 0.1) is 21.7 Å². The van der Waals surface area contributed by atoms with E-state index in [9.17, 15) is 0 Å². The van der Waals surface area contributed by atoms with Gasteiger partial charge in [-0.25, -0.2) is 4.68 Å². The van der Waals surface area contributed by atoms with Gasteiger partial charge in [0.25, 0.3) is 0 Å². The smallest absolute Gasteiger partial charge is 0.102 e. The lowest BCUT2D eigenvalue weighted by molar-refractivity contribution is 0.881. The summed E-state index contributed by atoms with van der Waals surface area (Å²) in [5, 5.41) is 13.6. The standard InChI is InChI=1S/C10H5Cl2N3/c11-8-4-7(6-13)5-9(12)10(8)15-3-1-2-14-15/h1-5H. The summed E-state index contributed by atoms with van der Waals surface area (Å²) in [6, 6.07) is 6.87. The van der Waals surface area contributed by atoms with Crippen molar-refractivity contribution in [2.24, 2.45) is 0 Å². The van der Waals surface area contributed by atoms with Crippen molar-refractivity contribution < 1.29 is 0 Å². The largest absolute Gasteiger partial charge is 0.238 e. The lowest BCUT2D eigenvalue weighted by Crippen LogP contribution is -1.97. The number of hydrogen-bond acceptors (Lipinski definition) is 2. The van der Waals surface area contributed by atoms with Crippen LogP contribution in [0, 0.1) is 11.3 Å². The summed E-state index contributed by atoms with van der Waals surface area (Å²) in [4.78, 5) is 0. The van der Waals surface area contributed by atoms with Crippen LogP contribution in [0.15, 0.2) is 30.6 Å². The van der Waals surface area contributed by atoms with Crippen LogP contribution in [0.4, 0.5) is 0 Å². The number of benzene rings is 1. The second-order valence-corrected chi connectivity index (χ2v) is 3.67. The molecule has 3 nitrogen and oxygen atoms in total. The third-order valence-electron chi connectivity index (χ3n) is 1.88. The molecule has 0 N–H and O–H groups in total. The van der Waals surface area contributed by atoms with Crippen LogP contribution >= 0.6 is 23.2 Å². The molecule has 2 aromatic rings. The normalized spacial score (nSPS) is 9.93. The molecule has 1 aromatic heterocycles. The average molecular weight is 238 g/mol. The Morgan fingerprint density at radius 1 is 1.27 bits per heavy atom. The fourth-order valence-corrected chi connectivity index (χ4v) is 1.91. The first-order valence-corrected chi connectivity index (χ1v) is 4.87. The molecule has 0 unspecified atom stereocenters. The zero-order valence-electron chi connectivity index (χ0n) is 7.48. The number of rotatable bonds is 1. The summed E-state index contributed by atoms with van der Waals surface area (Å²) >= 11 is 12.0. The minimum Gasteiger partial charge on any atom is -0.238 e. The van der Waals surface area contributed by atoms with Gasteiger partial charge in [-0.2, -0.15) is 10.4 Å². The van der Waals surface area contributed by atoms with E-state index in [2.05, 4.69) is 5.10 Å². The maximum atomic E-state index is 8.72. The van der Waals surface area contributed by atoms with Crippen molar-refractivity contribution in [2.75, 3.05) is 0 Å². The van der Waals surface area contributed by atoms with Gasteiger partial charge in [-0.1, -0.05) is 23.2 Å². The van der Waals surface area contributed by atoms with Gasteiger partial charge in [0.1, 0.15) is 5.69 Å². The summed E-state index contributed by atoms with van der Waals surface area (Å²) in [7, 11) is 0. The van der Waals surface area contributed by atoms with Crippen molar-refractivity contribution in [3.05, 3.63) is 46.2 Å². The van der Waals surface area contributed by atoms with Crippen molar-refractivity contribution in [2.45, 2.75) is 0 Å². The van der Waals surface area contributed by atoms with E-state index in [4.69, 9.17) is 28.5 Å². The Bertz CT molecular complexity index is 503. The number of halogens is 2. The molecular formula is C10H5Cl2N3. The van der Waals surface area contributed by atoms with Gasteiger partial charge in [0, 0.05) is 12.4 Å². The van der Waals surface area contributed by atoms with Gasteiger partial charge in [0.2, 0.25) is 0 Å². The highest BCUT2D eigenvalue weighted by atomic mass is 35.5. The third kappa shape index (κ3) is 1.82. The molecule has 1 heterocycles. The van der Waals surface area contributed by atoms with Gasteiger partial charge in [-0.15, -0.1) is 0 Å². The van der Waals surface area contributed by atoms with Gasteiger partial charge >= 0.3 is 0 Å². The Morgan fingerprint density at radius 3 is 2.40 bits per heavy atom. The predicted octanol–water partition coefficient (Wildman–Crippen LogP) is 3.05. The van der Waals surface area contributed by atoms with Gasteiger partial charge in [-0.05, 0) is 18.2 Å². The van der Waals surface area contributed by atoms with Crippen molar-refractivity contribution in [1.82, 2.24) is 9.78 Å². The van der Waals surface area contributed by atoms with Crippen LogP contribution in [-0.4, -0.2) is 9.78 Å². The van der Waals surface area contributed by atoms with E-state index < -0.39 is 0 Å². The third-order valence-corrected chi connectivity index (χ3v) is 2.46. The molecule has 5 heteroatoms. The first kappa shape index (κ1) is 10.0. The minimum atomic E-state index is 0.405. The second-order valence-electron chi connectivity index (χ2n) is 2.85. The molecule has 15 heavy (non-hydrogen) atoms. The molecule has 0 bridgehead atoms. The summed E-state index contributed by atoms with van der Waals surface area (Å²) in [6.07, 6.45) is 3.37. The number of hydrogen-bond donors (Lipinski definition) is 0. The maximum absolute atomic E-state index is 8.72. The molecule has 0 aliphatic heterocycles. The monoisotopic (exact) mass is 237 g/mol. The Balaban J connectivity index is 2.64. The zero-order valence-corrected chi connectivity index (χ0v) is 9.00. The maximum Gasteiger partial charge on any atom is 0.102 e. The van der Waals surface area contributed by atoms with Crippen molar-refractivity contribution in [3.8, 4) is 11.8 Å². The molecule has 0 saturated heterocycles. The summed E-state index contributed by atoms with van der Waals surface area (Å²) in [6.45, 7) is 0. The fraction of sp³-hybridized carbons (Fsp3) is 0. The van der Waals surface area contributed by atoms with E-state index in [0.717, 1.165) is 0 Å². The molecule has 0 spiro atoms. The lowest BCUT2D eigenvalue weighted by Gasteiger charge is -2.06. The summed E-state index contributed by atoms with van der Waals surface area (Å²) in [5.41, 5.74) is 1.02.